The minimum absolute atomic E-state index is 0.0361. The molecule has 1 fully saturated rings. The van der Waals surface area contributed by atoms with Gasteiger partial charge in [-0.1, -0.05) is 36.9 Å². The fourth-order valence-electron chi connectivity index (χ4n) is 3.91. The highest BCUT2D eigenvalue weighted by Gasteiger charge is 2.33. The van der Waals surface area contributed by atoms with Gasteiger partial charge in [-0.25, -0.2) is 4.39 Å². The smallest absolute Gasteiger partial charge is 0.259 e. The first-order valence-electron chi connectivity index (χ1n) is 9.89. The van der Waals surface area contributed by atoms with E-state index in [4.69, 9.17) is 0 Å². The third-order valence-corrected chi connectivity index (χ3v) is 5.57. The summed E-state index contributed by atoms with van der Waals surface area (Å²) in [5, 5.41) is 0. The molecule has 2 aliphatic heterocycles. The zero-order valence-corrected chi connectivity index (χ0v) is 16.5. The minimum Gasteiger partial charge on any atom is -0.339 e. The zero-order valence-electron chi connectivity index (χ0n) is 16.5. The van der Waals surface area contributed by atoms with E-state index >= 15 is 0 Å². The predicted octanol–water partition coefficient (Wildman–Crippen LogP) is 2.63. The van der Waals surface area contributed by atoms with Gasteiger partial charge in [-0.3, -0.25) is 19.3 Å². The second-order valence-corrected chi connectivity index (χ2v) is 7.39. The second-order valence-electron chi connectivity index (χ2n) is 7.39. The minimum atomic E-state index is -0.551. The van der Waals surface area contributed by atoms with Gasteiger partial charge in [-0.2, -0.15) is 0 Å². The Morgan fingerprint density at radius 1 is 0.900 bits per heavy atom. The Kier molecular flexibility index (Phi) is 5.35. The maximum Gasteiger partial charge on any atom is 0.259 e. The molecule has 0 unspecified atom stereocenters. The monoisotopic (exact) mass is 407 g/mol. The Bertz CT molecular complexity index is 1000. The molecule has 2 heterocycles. The molecular formula is C23H22FN3O3. The van der Waals surface area contributed by atoms with Crippen LogP contribution in [-0.2, 0) is 4.79 Å². The number of hydrogen-bond donors (Lipinski definition) is 0. The molecular weight excluding hydrogens is 385 g/mol. The van der Waals surface area contributed by atoms with Crippen LogP contribution < -0.4 is 0 Å². The van der Waals surface area contributed by atoms with Gasteiger partial charge >= 0.3 is 0 Å². The van der Waals surface area contributed by atoms with Gasteiger partial charge in [0, 0.05) is 43.0 Å². The summed E-state index contributed by atoms with van der Waals surface area (Å²) in [6, 6.07) is 13.1. The molecule has 0 atom stereocenters. The maximum absolute atomic E-state index is 14.0. The van der Waals surface area contributed by atoms with Crippen molar-refractivity contribution in [3.05, 3.63) is 77.6 Å². The molecule has 0 N–H and O–H groups in total. The van der Waals surface area contributed by atoms with Crippen LogP contribution in [0, 0.1) is 5.82 Å². The first-order chi connectivity index (χ1) is 14.5. The van der Waals surface area contributed by atoms with Crippen LogP contribution in [0.1, 0.15) is 32.7 Å². The molecule has 7 heteroatoms. The van der Waals surface area contributed by atoms with E-state index in [2.05, 4.69) is 6.58 Å². The van der Waals surface area contributed by atoms with Gasteiger partial charge in [0.15, 0.2) is 0 Å². The lowest BCUT2D eigenvalue weighted by Gasteiger charge is -2.25. The molecule has 2 aromatic carbocycles. The van der Waals surface area contributed by atoms with E-state index in [-0.39, 0.29) is 29.8 Å². The first kappa shape index (κ1) is 19.8. The molecule has 154 valence electrons. The summed E-state index contributed by atoms with van der Waals surface area (Å²) in [6.07, 6.45) is 0.584. The van der Waals surface area contributed by atoms with Crippen molar-refractivity contribution in [2.45, 2.75) is 6.42 Å². The van der Waals surface area contributed by atoms with Gasteiger partial charge < -0.3 is 9.80 Å². The molecule has 0 aliphatic carbocycles. The van der Waals surface area contributed by atoms with Gasteiger partial charge in [0.2, 0.25) is 5.91 Å². The van der Waals surface area contributed by atoms with Gasteiger partial charge in [0.05, 0.1) is 5.56 Å². The van der Waals surface area contributed by atoms with Crippen molar-refractivity contribution in [3.63, 3.8) is 0 Å². The van der Waals surface area contributed by atoms with Crippen molar-refractivity contribution >= 4 is 23.4 Å². The van der Waals surface area contributed by atoms with Gasteiger partial charge in [0.1, 0.15) is 12.4 Å². The topological polar surface area (TPSA) is 60.9 Å². The highest BCUT2D eigenvalue weighted by Crippen LogP contribution is 2.31. The summed E-state index contributed by atoms with van der Waals surface area (Å²) in [5.74, 6) is -1.35. The Morgan fingerprint density at radius 3 is 2.27 bits per heavy atom. The Balaban J connectivity index is 1.40. The molecule has 1 saturated heterocycles. The molecule has 3 amide bonds. The van der Waals surface area contributed by atoms with Crippen LogP contribution in [0.3, 0.4) is 0 Å². The lowest BCUT2D eigenvalue weighted by molar-refractivity contribution is -0.131. The quantitative estimate of drug-likeness (QED) is 0.786. The number of fused-ring (bicyclic) bond motifs is 1. The van der Waals surface area contributed by atoms with Crippen molar-refractivity contribution in [2.24, 2.45) is 0 Å². The molecule has 0 aromatic heterocycles. The normalized spacial score (nSPS) is 16.5. The fourth-order valence-corrected chi connectivity index (χ4v) is 3.91. The molecule has 0 bridgehead atoms. The molecule has 4 rings (SSSR count). The number of amides is 3. The van der Waals surface area contributed by atoms with Crippen molar-refractivity contribution in [2.75, 3.05) is 32.7 Å². The molecule has 2 aromatic rings. The fraction of sp³-hybridized carbons (Fsp3) is 0.261. The van der Waals surface area contributed by atoms with E-state index < -0.39 is 5.82 Å². The van der Waals surface area contributed by atoms with Crippen molar-refractivity contribution in [1.82, 2.24) is 14.7 Å². The van der Waals surface area contributed by atoms with E-state index in [0.717, 1.165) is 5.56 Å². The van der Waals surface area contributed by atoms with E-state index in [1.807, 2.05) is 12.1 Å². The van der Waals surface area contributed by atoms with Gasteiger partial charge in [-0.15, -0.1) is 0 Å². The molecule has 2 aliphatic rings. The van der Waals surface area contributed by atoms with E-state index in [1.165, 1.54) is 17.0 Å². The lowest BCUT2D eigenvalue weighted by Crippen LogP contribution is -2.42. The lowest BCUT2D eigenvalue weighted by atomic mass is 10.1. The zero-order chi connectivity index (χ0) is 21.3. The Morgan fingerprint density at radius 2 is 1.53 bits per heavy atom. The van der Waals surface area contributed by atoms with Gasteiger partial charge in [0.25, 0.3) is 11.8 Å². The van der Waals surface area contributed by atoms with Crippen molar-refractivity contribution < 1.29 is 18.8 Å². The summed E-state index contributed by atoms with van der Waals surface area (Å²) in [6.45, 7) is 5.44. The van der Waals surface area contributed by atoms with Crippen molar-refractivity contribution in [1.29, 1.82) is 0 Å². The maximum atomic E-state index is 14.0. The third-order valence-electron chi connectivity index (χ3n) is 5.57. The van der Waals surface area contributed by atoms with Crippen LogP contribution in [0.25, 0.3) is 5.70 Å². The average Bonchev–Trinajstić information content (AvgIpc) is 2.93. The second kappa shape index (κ2) is 8.10. The van der Waals surface area contributed by atoms with Crippen LogP contribution in [0.15, 0.2) is 55.1 Å². The SMILES string of the molecule is C=C1c2ccccc2C(=O)N1CC(=O)N1CCCN(C(=O)c2ccccc2F)CC1. The number of halogens is 1. The largest absolute Gasteiger partial charge is 0.339 e. The summed E-state index contributed by atoms with van der Waals surface area (Å²) < 4.78 is 14.0. The first-order valence-corrected chi connectivity index (χ1v) is 9.89. The molecule has 0 saturated carbocycles. The standard InChI is InChI=1S/C23H22FN3O3/c1-16-17-7-2-3-8-18(17)23(30)27(16)15-21(28)25-11-6-12-26(14-13-25)22(29)19-9-4-5-10-20(19)24/h2-5,7-10H,1,6,11-15H2. The number of hydrogen-bond acceptors (Lipinski definition) is 3. The summed E-state index contributed by atoms with van der Waals surface area (Å²) in [5.41, 5.74) is 1.85. The summed E-state index contributed by atoms with van der Waals surface area (Å²) in [4.78, 5) is 42.8. The number of rotatable bonds is 3. The molecule has 6 nitrogen and oxygen atoms in total. The summed E-state index contributed by atoms with van der Waals surface area (Å²) in [7, 11) is 0. The molecule has 0 radical (unpaired) electrons. The Hall–Kier alpha value is -3.48. The van der Waals surface area contributed by atoms with Crippen LogP contribution in [0.5, 0.6) is 0 Å². The average molecular weight is 407 g/mol. The Labute approximate surface area is 174 Å². The third kappa shape index (κ3) is 3.58. The van der Waals surface area contributed by atoms with E-state index in [0.29, 0.717) is 43.9 Å². The number of carbonyl (C=O) groups is 3. The van der Waals surface area contributed by atoms with E-state index in [1.54, 1.807) is 34.1 Å². The van der Waals surface area contributed by atoms with Crippen LogP contribution >= 0.6 is 0 Å². The number of nitrogens with zero attached hydrogens (tertiary/aromatic N) is 3. The highest BCUT2D eigenvalue weighted by molar-refractivity contribution is 6.10. The number of benzene rings is 2. The highest BCUT2D eigenvalue weighted by atomic mass is 19.1. The van der Waals surface area contributed by atoms with Crippen LogP contribution in [-0.4, -0.2) is 65.1 Å². The van der Waals surface area contributed by atoms with Crippen LogP contribution in [0.4, 0.5) is 4.39 Å². The molecule has 30 heavy (non-hydrogen) atoms. The van der Waals surface area contributed by atoms with Crippen LogP contribution in [0.2, 0.25) is 0 Å². The summed E-state index contributed by atoms with van der Waals surface area (Å²) >= 11 is 0. The van der Waals surface area contributed by atoms with E-state index in [9.17, 15) is 18.8 Å². The predicted molar refractivity (Wildman–Crippen MR) is 110 cm³/mol. The number of carbonyl (C=O) groups excluding carboxylic acids is 3. The molecule has 0 spiro atoms. The van der Waals surface area contributed by atoms with Gasteiger partial charge in [-0.05, 0) is 24.6 Å². The van der Waals surface area contributed by atoms with Crippen molar-refractivity contribution in [3.8, 4) is 0 Å².